The second-order valence-electron chi connectivity index (χ2n) is 5.23. The van der Waals surface area contributed by atoms with Crippen LogP contribution in [0.15, 0.2) is 21.2 Å². The number of halogens is 2. The number of rotatable bonds is 4. The summed E-state index contributed by atoms with van der Waals surface area (Å²) in [5, 5.41) is 3.55. The highest BCUT2D eigenvalue weighted by atomic mass is 79.9. The van der Waals surface area contributed by atoms with Gasteiger partial charge in [-0.1, -0.05) is 26.2 Å². The summed E-state index contributed by atoms with van der Waals surface area (Å²) in [5.41, 5.74) is 1.08. The van der Waals surface area contributed by atoms with Gasteiger partial charge in [0.15, 0.2) is 0 Å². The van der Waals surface area contributed by atoms with Gasteiger partial charge < -0.3 is 5.32 Å². The molecular weight excluding hydrogens is 356 g/mol. The molecule has 1 saturated carbocycles. The molecule has 2 rings (SSSR count). The van der Waals surface area contributed by atoms with Crippen LogP contribution in [0.4, 0.5) is 0 Å². The van der Waals surface area contributed by atoms with E-state index < -0.39 is 0 Å². The summed E-state index contributed by atoms with van der Waals surface area (Å²) in [6.07, 6.45) is 7.44. The predicted molar refractivity (Wildman–Crippen MR) is 82.5 cm³/mol. The van der Waals surface area contributed by atoms with Crippen LogP contribution in [-0.4, -0.2) is 11.5 Å². The maximum Gasteiger partial charge on any atom is 0.0684 e. The summed E-state index contributed by atoms with van der Waals surface area (Å²) >= 11 is 6.97. The van der Waals surface area contributed by atoms with Crippen LogP contribution in [0, 0.1) is 11.8 Å². The molecule has 0 aromatic carbocycles. The van der Waals surface area contributed by atoms with Gasteiger partial charge in [-0.3, -0.25) is 4.98 Å². The second kappa shape index (κ2) is 7.01. The summed E-state index contributed by atoms with van der Waals surface area (Å²) in [7, 11) is 0. The fourth-order valence-corrected chi connectivity index (χ4v) is 3.77. The molecule has 0 bridgehead atoms. The summed E-state index contributed by atoms with van der Waals surface area (Å²) in [6, 6.07) is 2.05. The topological polar surface area (TPSA) is 24.9 Å². The lowest BCUT2D eigenvalue weighted by molar-refractivity contribution is 0.247. The molecule has 18 heavy (non-hydrogen) atoms. The Bertz CT molecular complexity index is 395. The van der Waals surface area contributed by atoms with E-state index in [0.29, 0.717) is 0 Å². The van der Waals surface area contributed by atoms with Crippen molar-refractivity contribution in [1.82, 2.24) is 10.3 Å². The lowest BCUT2D eigenvalue weighted by Crippen LogP contribution is -2.29. The fourth-order valence-electron chi connectivity index (χ4n) is 2.65. The Morgan fingerprint density at radius 2 is 2.11 bits per heavy atom. The third kappa shape index (κ3) is 4.04. The normalized spacial score (nSPS) is 24.2. The molecule has 0 amide bonds. The summed E-state index contributed by atoms with van der Waals surface area (Å²) < 4.78 is 2.08. The first-order valence-corrected chi connectivity index (χ1v) is 8.26. The van der Waals surface area contributed by atoms with Crippen LogP contribution in [0.1, 0.15) is 38.3 Å². The van der Waals surface area contributed by atoms with Crippen LogP contribution in [-0.2, 0) is 6.54 Å². The van der Waals surface area contributed by atoms with Crippen molar-refractivity contribution in [2.45, 2.75) is 39.2 Å². The van der Waals surface area contributed by atoms with Crippen molar-refractivity contribution >= 4 is 31.9 Å². The molecule has 1 N–H and O–H groups in total. The zero-order chi connectivity index (χ0) is 13.0. The number of pyridine rings is 1. The minimum Gasteiger partial charge on any atom is -0.311 e. The Morgan fingerprint density at radius 3 is 2.83 bits per heavy atom. The average molecular weight is 376 g/mol. The minimum absolute atomic E-state index is 0.841. The molecule has 0 radical (unpaired) electrons. The van der Waals surface area contributed by atoms with E-state index >= 15 is 0 Å². The Labute approximate surface area is 126 Å². The standard InChI is InChI=1S/C14H20Br2N2/c1-10-4-2-3-5-11(10)7-17-9-14-13(16)6-12(15)8-18-14/h6,8,10-11,17H,2-5,7,9H2,1H3. The smallest absolute Gasteiger partial charge is 0.0684 e. The van der Waals surface area contributed by atoms with Crippen LogP contribution in [0.5, 0.6) is 0 Å². The molecule has 1 aliphatic carbocycles. The number of aromatic nitrogens is 1. The molecule has 0 saturated heterocycles. The van der Waals surface area contributed by atoms with Crippen LogP contribution in [0.3, 0.4) is 0 Å². The molecule has 0 aliphatic heterocycles. The van der Waals surface area contributed by atoms with E-state index in [4.69, 9.17) is 0 Å². The Balaban J connectivity index is 1.81. The number of hydrogen-bond donors (Lipinski definition) is 1. The molecule has 2 nitrogen and oxygen atoms in total. The van der Waals surface area contributed by atoms with Crippen LogP contribution in [0.25, 0.3) is 0 Å². The number of hydrogen-bond acceptors (Lipinski definition) is 2. The highest BCUT2D eigenvalue weighted by Gasteiger charge is 2.20. The predicted octanol–water partition coefficient (Wildman–Crippen LogP) is 4.52. The molecule has 1 heterocycles. The largest absolute Gasteiger partial charge is 0.311 e. The van der Waals surface area contributed by atoms with E-state index in [9.17, 15) is 0 Å². The molecule has 1 aliphatic rings. The summed E-state index contributed by atoms with van der Waals surface area (Å²) in [5.74, 6) is 1.71. The van der Waals surface area contributed by atoms with E-state index in [-0.39, 0.29) is 0 Å². The number of nitrogens with one attached hydrogen (secondary N) is 1. The molecule has 1 fully saturated rings. The van der Waals surface area contributed by atoms with E-state index in [0.717, 1.165) is 39.6 Å². The van der Waals surface area contributed by atoms with Crippen molar-refractivity contribution in [1.29, 1.82) is 0 Å². The summed E-state index contributed by atoms with van der Waals surface area (Å²) in [6.45, 7) is 4.35. The third-order valence-corrected chi connectivity index (χ3v) is 4.99. The van der Waals surface area contributed by atoms with Gasteiger partial charge in [0.1, 0.15) is 0 Å². The quantitative estimate of drug-likeness (QED) is 0.836. The maximum absolute atomic E-state index is 4.42. The van der Waals surface area contributed by atoms with Gasteiger partial charge in [-0.2, -0.15) is 0 Å². The summed E-state index contributed by atoms with van der Waals surface area (Å²) in [4.78, 5) is 4.42. The fraction of sp³-hybridized carbons (Fsp3) is 0.643. The zero-order valence-corrected chi connectivity index (χ0v) is 13.9. The van der Waals surface area contributed by atoms with Crippen molar-refractivity contribution in [3.63, 3.8) is 0 Å². The molecule has 2 unspecified atom stereocenters. The maximum atomic E-state index is 4.42. The minimum atomic E-state index is 0.841. The van der Waals surface area contributed by atoms with Gasteiger partial charge in [-0.05, 0) is 62.7 Å². The van der Waals surface area contributed by atoms with Gasteiger partial charge in [0.25, 0.3) is 0 Å². The third-order valence-electron chi connectivity index (χ3n) is 3.87. The molecule has 1 aromatic heterocycles. The van der Waals surface area contributed by atoms with Crippen LogP contribution >= 0.6 is 31.9 Å². The molecule has 2 atom stereocenters. The lowest BCUT2D eigenvalue weighted by atomic mass is 9.80. The van der Waals surface area contributed by atoms with Gasteiger partial charge in [0, 0.05) is 21.7 Å². The van der Waals surface area contributed by atoms with Crippen molar-refractivity contribution in [2.24, 2.45) is 11.8 Å². The Morgan fingerprint density at radius 1 is 1.33 bits per heavy atom. The van der Waals surface area contributed by atoms with E-state index in [1.165, 1.54) is 25.7 Å². The van der Waals surface area contributed by atoms with Crippen molar-refractivity contribution in [2.75, 3.05) is 6.54 Å². The van der Waals surface area contributed by atoms with Gasteiger partial charge in [-0.25, -0.2) is 0 Å². The highest BCUT2D eigenvalue weighted by Crippen LogP contribution is 2.29. The second-order valence-corrected chi connectivity index (χ2v) is 7.00. The lowest BCUT2D eigenvalue weighted by Gasteiger charge is -2.28. The monoisotopic (exact) mass is 374 g/mol. The van der Waals surface area contributed by atoms with E-state index in [1.54, 1.807) is 0 Å². The first-order valence-electron chi connectivity index (χ1n) is 6.67. The molecule has 100 valence electrons. The zero-order valence-electron chi connectivity index (χ0n) is 10.8. The molecule has 0 spiro atoms. The first-order chi connectivity index (χ1) is 8.66. The Kier molecular flexibility index (Phi) is 5.64. The van der Waals surface area contributed by atoms with Gasteiger partial charge in [0.2, 0.25) is 0 Å². The van der Waals surface area contributed by atoms with Gasteiger partial charge >= 0.3 is 0 Å². The van der Waals surface area contributed by atoms with E-state index in [1.807, 2.05) is 12.3 Å². The van der Waals surface area contributed by atoms with Crippen molar-refractivity contribution in [3.05, 3.63) is 26.9 Å². The molecule has 4 heteroatoms. The van der Waals surface area contributed by atoms with Gasteiger partial charge in [0.05, 0.1) is 5.69 Å². The average Bonchev–Trinajstić information content (AvgIpc) is 2.34. The SMILES string of the molecule is CC1CCCCC1CNCc1ncc(Br)cc1Br. The number of nitrogens with zero attached hydrogens (tertiary/aromatic N) is 1. The van der Waals surface area contributed by atoms with Crippen LogP contribution in [0.2, 0.25) is 0 Å². The van der Waals surface area contributed by atoms with E-state index in [2.05, 4.69) is 49.1 Å². The van der Waals surface area contributed by atoms with Crippen molar-refractivity contribution in [3.8, 4) is 0 Å². The van der Waals surface area contributed by atoms with Crippen LogP contribution < -0.4 is 5.32 Å². The molecular formula is C14H20Br2N2. The van der Waals surface area contributed by atoms with Gasteiger partial charge in [-0.15, -0.1) is 0 Å². The van der Waals surface area contributed by atoms with Crippen molar-refractivity contribution < 1.29 is 0 Å². The Hall–Kier alpha value is 0.0700. The highest BCUT2D eigenvalue weighted by molar-refractivity contribution is 9.11. The first kappa shape index (κ1) is 14.5. The molecule has 1 aromatic rings.